The predicted octanol–water partition coefficient (Wildman–Crippen LogP) is 3.74. The van der Waals surface area contributed by atoms with Crippen LogP contribution in [0.15, 0.2) is 60.1 Å². The molecule has 0 atom stereocenters. The monoisotopic (exact) mass is 571 g/mol. The van der Waals surface area contributed by atoms with Gasteiger partial charge in [0, 0.05) is 50.7 Å². The summed E-state index contributed by atoms with van der Waals surface area (Å²) in [6.07, 6.45) is 5.44. The summed E-state index contributed by atoms with van der Waals surface area (Å²) in [7, 11) is 1.64. The fraction of sp³-hybridized carbons (Fsp3) is 0.273. The maximum atomic E-state index is 12.8. The first-order valence-corrected chi connectivity index (χ1v) is 9.96. The van der Waals surface area contributed by atoms with Crippen molar-refractivity contribution in [2.45, 2.75) is 26.2 Å². The lowest BCUT2D eigenvalue weighted by Gasteiger charge is -2.15. The van der Waals surface area contributed by atoms with Crippen molar-refractivity contribution in [3.8, 4) is 17.2 Å². The molecule has 0 amide bonds. The molecular formula is C22H24F2IN5O3. The molecule has 2 aromatic carbocycles. The summed E-state index contributed by atoms with van der Waals surface area (Å²) in [5, 5.41) is 6.35. The summed E-state index contributed by atoms with van der Waals surface area (Å²) in [6.45, 7) is -1.42. The molecule has 8 nitrogen and oxygen atoms in total. The summed E-state index contributed by atoms with van der Waals surface area (Å²) in [5.41, 5.74) is 2.73. The number of halogens is 3. The Morgan fingerprint density at radius 3 is 2.64 bits per heavy atom. The van der Waals surface area contributed by atoms with Gasteiger partial charge in [-0.3, -0.25) is 4.99 Å². The van der Waals surface area contributed by atoms with E-state index in [0.29, 0.717) is 29.6 Å². The molecule has 0 spiro atoms. The molecule has 0 radical (unpaired) electrons. The Hall–Kier alpha value is -3.09. The van der Waals surface area contributed by atoms with Gasteiger partial charge in [-0.05, 0) is 17.2 Å². The first kappa shape index (κ1) is 24.6. The Balaban J connectivity index is 0.00000306. The van der Waals surface area contributed by atoms with E-state index in [4.69, 9.17) is 9.47 Å². The minimum absolute atomic E-state index is 0. The molecule has 1 aliphatic heterocycles. The molecule has 2 N–H and O–H groups in total. The second-order valence-electron chi connectivity index (χ2n) is 7.03. The number of hydrogen-bond acceptors (Lipinski definition) is 5. The number of nitrogens with one attached hydrogen (secondary N) is 2. The third kappa shape index (κ3) is 6.70. The molecule has 0 aliphatic carbocycles. The highest BCUT2D eigenvalue weighted by atomic mass is 127. The van der Waals surface area contributed by atoms with E-state index in [2.05, 4.69) is 37.5 Å². The maximum Gasteiger partial charge on any atom is 0.387 e. The quantitative estimate of drug-likeness (QED) is 0.244. The Bertz CT molecular complexity index is 1080. The molecule has 3 aromatic rings. The van der Waals surface area contributed by atoms with Gasteiger partial charge in [-0.2, -0.15) is 8.78 Å². The van der Waals surface area contributed by atoms with Crippen molar-refractivity contribution in [3.05, 3.63) is 71.8 Å². The smallest absolute Gasteiger partial charge is 0.387 e. The number of ether oxygens (including phenoxy) is 3. The van der Waals surface area contributed by atoms with Crippen molar-refractivity contribution < 1.29 is 23.0 Å². The Morgan fingerprint density at radius 2 is 1.91 bits per heavy atom. The topological polar surface area (TPSA) is 81.9 Å². The highest BCUT2D eigenvalue weighted by Gasteiger charge is 2.20. The lowest BCUT2D eigenvalue weighted by Crippen LogP contribution is -2.36. The van der Waals surface area contributed by atoms with Crippen LogP contribution in [0.5, 0.6) is 17.2 Å². The van der Waals surface area contributed by atoms with Crippen molar-refractivity contribution in [2.24, 2.45) is 4.99 Å². The van der Waals surface area contributed by atoms with Gasteiger partial charge < -0.3 is 29.4 Å². The van der Waals surface area contributed by atoms with Crippen LogP contribution in [0.25, 0.3) is 0 Å². The highest BCUT2D eigenvalue weighted by molar-refractivity contribution is 14.0. The number of hydrogen-bond donors (Lipinski definition) is 2. The normalized spacial score (nSPS) is 12.4. The Morgan fingerprint density at radius 1 is 1.15 bits per heavy atom. The molecule has 2 heterocycles. The van der Waals surface area contributed by atoms with E-state index in [0.717, 1.165) is 17.7 Å². The second-order valence-corrected chi connectivity index (χ2v) is 7.03. The molecule has 33 heavy (non-hydrogen) atoms. The molecular weight excluding hydrogens is 547 g/mol. The summed E-state index contributed by atoms with van der Waals surface area (Å²) >= 11 is 0. The lowest BCUT2D eigenvalue weighted by molar-refractivity contribution is -0.0505. The number of aliphatic imine (C=N–C) groups is 1. The second kappa shape index (κ2) is 11.7. The number of rotatable bonds is 8. The number of fused-ring (bicyclic) bond motifs is 1. The minimum Gasteiger partial charge on any atom is -0.454 e. The van der Waals surface area contributed by atoms with E-state index in [-0.39, 0.29) is 43.1 Å². The van der Waals surface area contributed by atoms with E-state index in [9.17, 15) is 8.78 Å². The summed E-state index contributed by atoms with van der Waals surface area (Å²) in [4.78, 5) is 8.26. The summed E-state index contributed by atoms with van der Waals surface area (Å²) < 4.78 is 42.9. The van der Waals surface area contributed by atoms with Crippen LogP contribution in [0.1, 0.15) is 16.7 Å². The standard InChI is InChI=1S/C22H23F2N5O3.HI/c1-25-22(27-10-15-3-2-4-16(7-15)12-29-6-5-26-13-29)28-11-17-8-19-20(31-14-30-19)9-18(17)32-21(23)24;/h2-9,13,21H,10-12,14H2,1H3,(H2,25,27,28);1H. The lowest BCUT2D eigenvalue weighted by atomic mass is 10.1. The van der Waals surface area contributed by atoms with E-state index < -0.39 is 6.61 Å². The molecule has 0 saturated carbocycles. The zero-order chi connectivity index (χ0) is 22.3. The third-order valence-corrected chi connectivity index (χ3v) is 4.82. The fourth-order valence-corrected chi connectivity index (χ4v) is 3.32. The van der Waals surface area contributed by atoms with Gasteiger partial charge in [0.05, 0.1) is 6.33 Å². The van der Waals surface area contributed by atoms with Gasteiger partial charge in [0.15, 0.2) is 17.5 Å². The molecule has 0 saturated heterocycles. The molecule has 1 aliphatic rings. The molecule has 11 heteroatoms. The maximum absolute atomic E-state index is 12.8. The molecule has 176 valence electrons. The third-order valence-electron chi connectivity index (χ3n) is 4.82. The van der Waals surface area contributed by atoms with Crippen LogP contribution in [0, 0.1) is 0 Å². The number of guanidine groups is 1. The number of benzene rings is 2. The molecule has 4 rings (SSSR count). The zero-order valence-corrected chi connectivity index (χ0v) is 20.2. The van der Waals surface area contributed by atoms with Crippen LogP contribution in [-0.4, -0.2) is 36.0 Å². The van der Waals surface area contributed by atoms with Crippen molar-refractivity contribution in [1.82, 2.24) is 20.2 Å². The first-order chi connectivity index (χ1) is 15.6. The van der Waals surface area contributed by atoms with Crippen molar-refractivity contribution >= 4 is 29.9 Å². The SMILES string of the molecule is CN=C(NCc1cccc(Cn2ccnc2)c1)NCc1cc2c(cc1OC(F)F)OCO2.I. The van der Waals surface area contributed by atoms with Crippen LogP contribution in [0.3, 0.4) is 0 Å². The average Bonchev–Trinajstić information content (AvgIpc) is 3.45. The molecule has 0 unspecified atom stereocenters. The van der Waals surface area contributed by atoms with Gasteiger partial charge in [0.1, 0.15) is 5.75 Å². The molecule has 0 fully saturated rings. The number of imidazole rings is 1. The summed E-state index contributed by atoms with van der Waals surface area (Å²) in [5.74, 6) is 1.41. The van der Waals surface area contributed by atoms with Crippen LogP contribution in [0.4, 0.5) is 8.78 Å². The average molecular weight is 571 g/mol. The van der Waals surface area contributed by atoms with Crippen molar-refractivity contribution in [1.29, 1.82) is 0 Å². The van der Waals surface area contributed by atoms with Gasteiger partial charge in [-0.25, -0.2) is 4.98 Å². The number of aromatic nitrogens is 2. The summed E-state index contributed by atoms with van der Waals surface area (Å²) in [6, 6.07) is 11.2. The van der Waals surface area contributed by atoms with Gasteiger partial charge in [-0.1, -0.05) is 24.3 Å². The van der Waals surface area contributed by atoms with E-state index in [1.807, 2.05) is 22.9 Å². The largest absolute Gasteiger partial charge is 0.454 e. The van der Waals surface area contributed by atoms with Crippen molar-refractivity contribution in [2.75, 3.05) is 13.8 Å². The van der Waals surface area contributed by atoms with E-state index >= 15 is 0 Å². The number of alkyl halides is 2. The van der Waals surface area contributed by atoms with E-state index in [1.54, 1.807) is 25.6 Å². The molecule has 1 aromatic heterocycles. The molecule has 0 bridgehead atoms. The Kier molecular flexibility index (Phi) is 8.69. The zero-order valence-electron chi connectivity index (χ0n) is 17.8. The van der Waals surface area contributed by atoms with Crippen LogP contribution >= 0.6 is 24.0 Å². The van der Waals surface area contributed by atoms with Crippen LogP contribution in [0.2, 0.25) is 0 Å². The highest BCUT2D eigenvalue weighted by Crippen LogP contribution is 2.38. The first-order valence-electron chi connectivity index (χ1n) is 9.96. The van der Waals surface area contributed by atoms with Crippen molar-refractivity contribution in [3.63, 3.8) is 0 Å². The van der Waals surface area contributed by atoms with Gasteiger partial charge in [-0.15, -0.1) is 24.0 Å². The predicted molar refractivity (Wildman–Crippen MR) is 129 cm³/mol. The number of nitrogens with zero attached hydrogens (tertiary/aromatic N) is 3. The minimum atomic E-state index is -2.94. The van der Waals surface area contributed by atoms with Crippen LogP contribution < -0.4 is 24.8 Å². The Labute approximate surface area is 207 Å². The van der Waals surface area contributed by atoms with Gasteiger partial charge >= 0.3 is 6.61 Å². The van der Waals surface area contributed by atoms with Gasteiger partial charge in [0.2, 0.25) is 6.79 Å². The van der Waals surface area contributed by atoms with Gasteiger partial charge in [0.25, 0.3) is 0 Å². The van der Waals surface area contributed by atoms with Crippen LogP contribution in [-0.2, 0) is 19.6 Å². The fourth-order valence-electron chi connectivity index (χ4n) is 3.32. The van der Waals surface area contributed by atoms with E-state index in [1.165, 1.54) is 6.07 Å².